The second kappa shape index (κ2) is 4.75. The molecule has 3 heteroatoms. The molecule has 0 saturated heterocycles. The Morgan fingerprint density at radius 2 is 2.19 bits per heavy atom. The molecule has 0 aliphatic rings. The van der Waals surface area contributed by atoms with Gasteiger partial charge in [0.15, 0.2) is 0 Å². The van der Waals surface area contributed by atoms with E-state index >= 15 is 0 Å². The van der Waals surface area contributed by atoms with Gasteiger partial charge in [-0.2, -0.15) is 0 Å². The molecule has 0 radical (unpaired) electrons. The number of ether oxygens (including phenoxy) is 1. The van der Waals surface area contributed by atoms with Crippen molar-refractivity contribution in [2.24, 2.45) is 0 Å². The van der Waals surface area contributed by atoms with Gasteiger partial charge in [0.1, 0.15) is 0 Å². The molecule has 0 atom stereocenters. The van der Waals surface area contributed by atoms with Crippen LogP contribution in [-0.4, -0.2) is 17.1 Å². The molecule has 0 aliphatic heterocycles. The van der Waals surface area contributed by atoms with Gasteiger partial charge in [-0.15, -0.1) is 0 Å². The Morgan fingerprint density at radius 1 is 1.31 bits per heavy atom. The first-order valence-electron chi connectivity index (χ1n) is 5.31. The summed E-state index contributed by atoms with van der Waals surface area (Å²) in [7, 11) is 1.59. The summed E-state index contributed by atoms with van der Waals surface area (Å²) in [5.74, 6) is 0.546. The Kier molecular flexibility index (Phi) is 3.15. The average Bonchev–Trinajstić information content (AvgIpc) is 2.35. The van der Waals surface area contributed by atoms with Crippen molar-refractivity contribution in [2.75, 3.05) is 7.11 Å². The molecule has 0 spiro atoms. The summed E-state index contributed by atoms with van der Waals surface area (Å²) in [5.41, 5.74) is 2.89. The van der Waals surface area contributed by atoms with Crippen molar-refractivity contribution in [3.8, 4) is 5.88 Å². The summed E-state index contributed by atoms with van der Waals surface area (Å²) in [6, 6.07) is 6.01. The van der Waals surface area contributed by atoms with Crippen LogP contribution in [0.15, 0.2) is 30.5 Å². The van der Waals surface area contributed by atoms with Gasteiger partial charge in [0, 0.05) is 0 Å². The van der Waals surface area contributed by atoms with Crippen molar-refractivity contribution in [3.63, 3.8) is 0 Å². The first-order chi connectivity index (χ1) is 7.83. The highest BCUT2D eigenvalue weighted by Gasteiger charge is 1.99. The van der Waals surface area contributed by atoms with Crippen LogP contribution in [0.1, 0.15) is 18.9 Å². The van der Waals surface area contributed by atoms with Crippen molar-refractivity contribution in [1.82, 2.24) is 9.97 Å². The second-order valence-corrected chi connectivity index (χ2v) is 3.47. The molecule has 1 aromatic heterocycles. The summed E-state index contributed by atoms with van der Waals surface area (Å²) in [5, 5.41) is 0. The number of rotatable bonds is 3. The minimum atomic E-state index is 0.546. The van der Waals surface area contributed by atoms with E-state index in [0.717, 1.165) is 23.0 Å². The third-order valence-corrected chi connectivity index (χ3v) is 2.30. The molecule has 0 amide bonds. The highest BCUT2D eigenvalue weighted by molar-refractivity contribution is 5.77. The standard InChI is InChI=1S/C13H14N2O/c1-3-4-5-10-6-7-11-12(8-10)14-9-13(15-11)16-2/h4-9H,3H2,1-2H3/b5-4+. The van der Waals surface area contributed by atoms with E-state index in [1.165, 1.54) is 0 Å². The zero-order valence-corrected chi connectivity index (χ0v) is 9.47. The molecule has 0 saturated carbocycles. The minimum absolute atomic E-state index is 0.546. The van der Waals surface area contributed by atoms with Gasteiger partial charge < -0.3 is 4.74 Å². The van der Waals surface area contributed by atoms with E-state index in [1.54, 1.807) is 13.3 Å². The summed E-state index contributed by atoms with van der Waals surface area (Å²) in [6.07, 6.45) is 6.88. The van der Waals surface area contributed by atoms with Crippen molar-refractivity contribution >= 4 is 17.1 Å². The third-order valence-electron chi connectivity index (χ3n) is 2.30. The summed E-state index contributed by atoms with van der Waals surface area (Å²) in [4.78, 5) is 8.61. The highest BCUT2D eigenvalue weighted by Crippen LogP contribution is 2.16. The molecule has 2 rings (SSSR count). The van der Waals surface area contributed by atoms with Crippen molar-refractivity contribution in [2.45, 2.75) is 13.3 Å². The van der Waals surface area contributed by atoms with Crippen LogP contribution in [0, 0.1) is 0 Å². The van der Waals surface area contributed by atoms with Crippen LogP contribution in [0.3, 0.4) is 0 Å². The molecule has 0 fully saturated rings. The number of hydrogen-bond donors (Lipinski definition) is 0. The molecule has 2 aromatic rings. The SMILES string of the molecule is CC/C=C/c1ccc2nc(OC)cnc2c1. The van der Waals surface area contributed by atoms with Crippen LogP contribution in [0.25, 0.3) is 17.1 Å². The van der Waals surface area contributed by atoms with E-state index in [1.807, 2.05) is 18.2 Å². The summed E-state index contributed by atoms with van der Waals surface area (Å²) < 4.78 is 5.03. The molecule has 3 nitrogen and oxygen atoms in total. The Morgan fingerprint density at radius 3 is 2.94 bits per heavy atom. The maximum atomic E-state index is 5.03. The number of aromatic nitrogens is 2. The molecule has 0 unspecified atom stereocenters. The average molecular weight is 214 g/mol. The summed E-state index contributed by atoms with van der Waals surface area (Å²) >= 11 is 0. The van der Waals surface area contributed by atoms with E-state index in [4.69, 9.17) is 4.74 Å². The molecule has 0 bridgehead atoms. The predicted octanol–water partition coefficient (Wildman–Crippen LogP) is 3.06. The number of benzene rings is 1. The zero-order chi connectivity index (χ0) is 11.4. The number of fused-ring (bicyclic) bond motifs is 1. The fourth-order valence-corrected chi connectivity index (χ4v) is 1.47. The predicted molar refractivity (Wildman–Crippen MR) is 65.4 cm³/mol. The fraction of sp³-hybridized carbons (Fsp3) is 0.231. The molecule has 1 aromatic carbocycles. The molecule has 0 aliphatic carbocycles. The van der Waals surface area contributed by atoms with Gasteiger partial charge in [0.05, 0.1) is 24.3 Å². The third kappa shape index (κ3) is 2.19. The maximum Gasteiger partial charge on any atom is 0.232 e. The number of hydrogen-bond acceptors (Lipinski definition) is 3. The molecule has 1 heterocycles. The molecule has 16 heavy (non-hydrogen) atoms. The number of allylic oxidation sites excluding steroid dienone is 1. The van der Waals surface area contributed by atoms with Crippen molar-refractivity contribution < 1.29 is 4.74 Å². The normalized spacial score (nSPS) is 11.1. The lowest BCUT2D eigenvalue weighted by atomic mass is 10.1. The van der Waals surface area contributed by atoms with E-state index in [9.17, 15) is 0 Å². The van der Waals surface area contributed by atoms with Crippen LogP contribution in [0.4, 0.5) is 0 Å². The number of methoxy groups -OCH3 is 1. The Bertz CT molecular complexity index is 520. The van der Waals surface area contributed by atoms with Gasteiger partial charge in [-0.1, -0.05) is 25.1 Å². The first kappa shape index (κ1) is 10.6. The zero-order valence-electron chi connectivity index (χ0n) is 9.47. The van der Waals surface area contributed by atoms with Gasteiger partial charge in [0.25, 0.3) is 0 Å². The molecular formula is C13H14N2O. The van der Waals surface area contributed by atoms with Crippen LogP contribution >= 0.6 is 0 Å². The van der Waals surface area contributed by atoms with Crippen molar-refractivity contribution in [1.29, 1.82) is 0 Å². The van der Waals surface area contributed by atoms with Gasteiger partial charge in [-0.05, 0) is 24.1 Å². The lowest BCUT2D eigenvalue weighted by Gasteiger charge is -2.01. The van der Waals surface area contributed by atoms with E-state index < -0.39 is 0 Å². The first-order valence-corrected chi connectivity index (χ1v) is 5.31. The van der Waals surface area contributed by atoms with E-state index in [2.05, 4.69) is 29.0 Å². The minimum Gasteiger partial charge on any atom is -0.480 e. The Hall–Kier alpha value is -1.90. The quantitative estimate of drug-likeness (QED) is 0.787. The molecule has 82 valence electrons. The fourth-order valence-electron chi connectivity index (χ4n) is 1.47. The molecular weight excluding hydrogens is 200 g/mol. The largest absolute Gasteiger partial charge is 0.480 e. The van der Waals surface area contributed by atoms with Gasteiger partial charge in [0.2, 0.25) is 5.88 Å². The van der Waals surface area contributed by atoms with E-state index in [0.29, 0.717) is 5.88 Å². The van der Waals surface area contributed by atoms with Gasteiger partial charge in [-0.25, -0.2) is 9.97 Å². The highest BCUT2D eigenvalue weighted by atomic mass is 16.5. The van der Waals surface area contributed by atoms with Crippen LogP contribution < -0.4 is 4.74 Å². The lowest BCUT2D eigenvalue weighted by Crippen LogP contribution is -1.90. The monoisotopic (exact) mass is 214 g/mol. The lowest BCUT2D eigenvalue weighted by molar-refractivity contribution is 0.397. The van der Waals surface area contributed by atoms with Crippen molar-refractivity contribution in [3.05, 3.63) is 36.0 Å². The van der Waals surface area contributed by atoms with Crippen LogP contribution in [-0.2, 0) is 0 Å². The number of nitrogens with zero attached hydrogens (tertiary/aromatic N) is 2. The Balaban J connectivity index is 2.43. The van der Waals surface area contributed by atoms with Crippen LogP contribution in [0.5, 0.6) is 5.88 Å². The second-order valence-electron chi connectivity index (χ2n) is 3.47. The smallest absolute Gasteiger partial charge is 0.232 e. The van der Waals surface area contributed by atoms with Gasteiger partial charge in [-0.3, -0.25) is 0 Å². The topological polar surface area (TPSA) is 35.0 Å². The molecule has 0 N–H and O–H groups in total. The van der Waals surface area contributed by atoms with E-state index in [-0.39, 0.29) is 0 Å². The maximum absolute atomic E-state index is 5.03. The Labute approximate surface area is 94.8 Å². The van der Waals surface area contributed by atoms with Crippen LogP contribution in [0.2, 0.25) is 0 Å². The van der Waals surface area contributed by atoms with Gasteiger partial charge >= 0.3 is 0 Å². The summed E-state index contributed by atoms with van der Waals surface area (Å²) in [6.45, 7) is 2.11.